The topological polar surface area (TPSA) is 39.2 Å². The van der Waals surface area contributed by atoms with Crippen molar-refractivity contribution in [1.29, 1.82) is 0 Å². The zero-order valence-corrected chi connectivity index (χ0v) is 19.2. The molecule has 4 nitrogen and oxygen atoms in total. The van der Waals surface area contributed by atoms with Crippen LogP contribution in [0.4, 0.5) is 5.69 Å². The molecule has 0 amide bonds. The molecule has 0 saturated carbocycles. The van der Waals surface area contributed by atoms with E-state index in [1.165, 1.54) is 0 Å². The molecule has 1 aromatic heterocycles. The predicted octanol–water partition coefficient (Wildman–Crippen LogP) is 7.62. The number of nitrogens with zero attached hydrogens (tertiary/aromatic N) is 3. The molecule has 0 atom stereocenters. The lowest BCUT2D eigenvalue weighted by molar-refractivity contribution is 0.111. The molecule has 0 aliphatic rings. The molecule has 5 heteroatoms. The zero-order valence-electron chi connectivity index (χ0n) is 18.5. The number of imidazole rings is 1. The lowest BCUT2D eigenvalue weighted by atomic mass is 9.97. The molecule has 4 aromatic rings. The second-order valence-corrected chi connectivity index (χ2v) is 8.28. The Balaban J connectivity index is 1.65. The van der Waals surface area contributed by atoms with Crippen LogP contribution in [0.25, 0.3) is 27.1 Å². The molecule has 164 valence electrons. The highest BCUT2D eigenvalue weighted by molar-refractivity contribution is 6.31. The fourth-order valence-electron chi connectivity index (χ4n) is 3.94. The number of benzene rings is 3. The maximum atomic E-state index is 11.6. The molecule has 0 N–H and O–H groups in total. The summed E-state index contributed by atoms with van der Waals surface area (Å²) in [5, 5.41) is 0.257. The minimum atomic E-state index is 0.257. The number of hydrogen-bond donors (Lipinski definition) is 0. The maximum absolute atomic E-state index is 11.6. The molecule has 4 rings (SSSR count). The van der Waals surface area contributed by atoms with Crippen LogP contribution in [-0.2, 0) is 13.0 Å². The van der Waals surface area contributed by atoms with Crippen LogP contribution in [0.15, 0.2) is 72.8 Å². The van der Waals surface area contributed by atoms with E-state index in [-0.39, 0.29) is 5.15 Å². The van der Waals surface area contributed by atoms with Crippen LogP contribution < -0.4 is 0 Å². The van der Waals surface area contributed by atoms with Gasteiger partial charge in [-0.15, -0.1) is 0 Å². The van der Waals surface area contributed by atoms with Gasteiger partial charge in [0.1, 0.15) is 11.5 Å². The van der Waals surface area contributed by atoms with Crippen LogP contribution >= 0.6 is 11.6 Å². The van der Waals surface area contributed by atoms with Crippen LogP contribution in [0.3, 0.4) is 0 Å². The van der Waals surface area contributed by atoms with E-state index in [4.69, 9.17) is 18.2 Å². The Kier molecular flexibility index (Phi) is 7.02. The second-order valence-electron chi connectivity index (χ2n) is 7.92. The van der Waals surface area contributed by atoms with Gasteiger partial charge >= 0.3 is 0 Å². The number of unbranched alkanes of at least 4 members (excludes halogenated alkanes) is 1. The van der Waals surface area contributed by atoms with Crippen molar-refractivity contribution in [2.24, 2.45) is 0 Å². The van der Waals surface area contributed by atoms with Gasteiger partial charge in [-0.3, -0.25) is 4.79 Å². The molecule has 3 aromatic carbocycles. The van der Waals surface area contributed by atoms with Gasteiger partial charge in [-0.05, 0) is 34.2 Å². The number of aldehydes is 1. The molecule has 0 unspecified atom stereocenters. The van der Waals surface area contributed by atoms with E-state index in [9.17, 15) is 4.79 Å². The first-order chi connectivity index (χ1) is 16.1. The van der Waals surface area contributed by atoms with Crippen molar-refractivity contribution in [1.82, 2.24) is 9.55 Å². The minimum absolute atomic E-state index is 0.257. The first kappa shape index (κ1) is 22.5. The molecular formula is C28H24ClN3O. The van der Waals surface area contributed by atoms with Crippen LogP contribution in [-0.4, -0.2) is 15.8 Å². The number of aromatic nitrogens is 2. The molecule has 0 saturated heterocycles. The van der Waals surface area contributed by atoms with Crippen molar-refractivity contribution in [3.63, 3.8) is 0 Å². The number of aryl methyl sites for hydroxylation is 1. The van der Waals surface area contributed by atoms with E-state index in [1.807, 2.05) is 59.2 Å². The third-order valence-electron chi connectivity index (χ3n) is 5.74. The van der Waals surface area contributed by atoms with E-state index in [0.717, 1.165) is 59.2 Å². The lowest BCUT2D eigenvalue weighted by Gasteiger charge is -2.12. The van der Waals surface area contributed by atoms with Crippen molar-refractivity contribution in [2.75, 3.05) is 0 Å². The minimum Gasteiger partial charge on any atom is -0.320 e. The average Bonchev–Trinajstić information content (AvgIpc) is 3.16. The first-order valence-electron chi connectivity index (χ1n) is 11.0. The molecule has 0 aliphatic heterocycles. The van der Waals surface area contributed by atoms with Gasteiger partial charge < -0.3 is 4.57 Å². The number of halogens is 1. The largest absolute Gasteiger partial charge is 0.320 e. The Morgan fingerprint density at radius 3 is 2.39 bits per heavy atom. The predicted molar refractivity (Wildman–Crippen MR) is 134 cm³/mol. The molecule has 0 aliphatic carbocycles. The van der Waals surface area contributed by atoms with E-state index >= 15 is 0 Å². The first-order valence-corrected chi connectivity index (χ1v) is 11.4. The van der Waals surface area contributed by atoms with Crippen LogP contribution in [0.2, 0.25) is 5.15 Å². The van der Waals surface area contributed by atoms with E-state index in [2.05, 4.69) is 35.0 Å². The van der Waals surface area contributed by atoms with Crippen molar-refractivity contribution in [3.8, 4) is 22.3 Å². The molecule has 33 heavy (non-hydrogen) atoms. The standard InChI is InChI=1S/C28H24ClN3O/c1-3-4-10-27-31-28(29)26(19-33)32(27)18-20-11-13-22(14-12-20)24-17-23(15-16-25(24)30-2)21-8-6-5-7-9-21/h5-9,11-17,19H,3-4,10,18H2,1H3. The Morgan fingerprint density at radius 2 is 1.73 bits per heavy atom. The maximum Gasteiger partial charge on any atom is 0.194 e. The van der Waals surface area contributed by atoms with E-state index in [1.54, 1.807) is 0 Å². The highest BCUT2D eigenvalue weighted by Crippen LogP contribution is 2.35. The Hall–Kier alpha value is -3.68. The molecular weight excluding hydrogens is 430 g/mol. The van der Waals surface area contributed by atoms with Crippen molar-refractivity contribution < 1.29 is 4.79 Å². The highest BCUT2D eigenvalue weighted by atomic mass is 35.5. The lowest BCUT2D eigenvalue weighted by Crippen LogP contribution is -2.08. The summed E-state index contributed by atoms with van der Waals surface area (Å²) in [7, 11) is 0. The number of carbonyl (C=O) groups is 1. The molecule has 0 bridgehead atoms. The summed E-state index contributed by atoms with van der Waals surface area (Å²) in [6.07, 6.45) is 3.59. The Bertz CT molecular complexity index is 1300. The Labute approximate surface area is 199 Å². The zero-order chi connectivity index (χ0) is 23.2. The van der Waals surface area contributed by atoms with Crippen molar-refractivity contribution in [3.05, 3.63) is 106 Å². The van der Waals surface area contributed by atoms with Crippen molar-refractivity contribution >= 4 is 23.6 Å². The van der Waals surface area contributed by atoms with Gasteiger partial charge in [0.25, 0.3) is 0 Å². The summed E-state index contributed by atoms with van der Waals surface area (Å²) in [5.41, 5.74) is 6.15. The quantitative estimate of drug-likeness (QED) is 0.203. The van der Waals surface area contributed by atoms with Gasteiger partial charge in [0, 0.05) is 13.0 Å². The molecule has 1 heterocycles. The van der Waals surface area contributed by atoms with Gasteiger partial charge in [0.2, 0.25) is 0 Å². The summed E-state index contributed by atoms with van der Waals surface area (Å²) < 4.78 is 1.90. The normalized spacial score (nSPS) is 10.7. The summed E-state index contributed by atoms with van der Waals surface area (Å²) in [5.74, 6) is 0.832. The molecule has 0 fully saturated rings. The average molecular weight is 454 g/mol. The number of hydrogen-bond acceptors (Lipinski definition) is 2. The van der Waals surface area contributed by atoms with Gasteiger partial charge in [-0.1, -0.05) is 97.7 Å². The van der Waals surface area contributed by atoms with Gasteiger partial charge in [-0.2, -0.15) is 0 Å². The summed E-state index contributed by atoms with van der Waals surface area (Å²) >= 11 is 6.21. The van der Waals surface area contributed by atoms with Crippen LogP contribution in [0, 0.1) is 6.57 Å². The molecule has 0 radical (unpaired) electrons. The smallest absolute Gasteiger partial charge is 0.194 e. The SMILES string of the molecule is [C-]#[N+]c1ccc(-c2ccccc2)cc1-c1ccc(Cn2c(CCCC)nc(Cl)c2C=O)cc1. The second kappa shape index (κ2) is 10.3. The number of rotatable bonds is 8. The third kappa shape index (κ3) is 4.89. The van der Waals surface area contributed by atoms with Crippen molar-refractivity contribution in [2.45, 2.75) is 32.7 Å². The van der Waals surface area contributed by atoms with Gasteiger partial charge in [-0.25, -0.2) is 9.83 Å². The summed E-state index contributed by atoms with van der Waals surface area (Å²) in [6, 6.07) is 24.2. The summed E-state index contributed by atoms with van der Waals surface area (Å²) in [4.78, 5) is 19.7. The van der Waals surface area contributed by atoms with Crippen LogP contribution in [0.1, 0.15) is 41.6 Å². The van der Waals surface area contributed by atoms with Crippen LogP contribution in [0.5, 0.6) is 0 Å². The highest BCUT2D eigenvalue weighted by Gasteiger charge is 2.15. The van der Waals surface area contributed by atoms with Gasteiger partial charge in [0.05, 0.1) is 6.57 Å². The monoisotopic (exact) mass is 453 g/mol. The molecule has 0 spiro atoms. The van der Waals surface area contributed by atoms with E-state index in [0.29, 0.717) is 17.9 Å². The summed E-state index contributed by atoms with van der Waals surface area (Å²) in [6.45, 7) is 10.2. The van der Waals surface area contributed by atoms with Gasteiger partial charge in [0.15, 0.2) is 17.1 Å². The fourth-order valence-corrected chi connectivity index (χ4v) is 4.19. The Morgan fingerprint density at radius 1 is 1.00 bits per heavy atom. The number of carbonyl (C=O) groups excluding carboxylic acids is 1. The third-order valence-corrected chi connectivity index (χ3v) is 6.01. The van der Waals surface area contributed by atoms with E-state index < -0.39 is 0 Å². The fraction of sp³-hybridized carbons (Fsp3) is 0.179.